The van der Waals surface area contributed by atoms with Gasteiger partial charge < -0.3 is 23.8 Å². The molecule has 6 heteroatoms. The van der Waals surface area contributed by atoms with Gasteiger partial charge in [-0.15, -0.1) is 0 Å². The quantitative estimate of drug-likeness (QED) is 0.313. The Morgan fingerprint density at radius 3 is 2.21 bits per heavy atom. The van der Waals surface area contributed by atoms with Gasteiger partial charge in [0.1, 0.15) is 28.1 Å². The van der Waals surface area contributed by atoms with Gasteiger partial charge in [0.25, 0.3) is 0 Å². The fourth-order valence-corrected chi connectivity index (χ4v) is 3.94. The van der Waals surface area contributed by atoms with E-state index in [1.807, 2.05) is 64.1 Å². The Kier molecular flexibility index (Phi) is 6.24. The summed E-state index contributed by atoms with van der Waals surface area (Å²) in [7, 11) is 1.37. The summed E-state index contributed by atoms with van der Waals surface area (Å²) in [5.41, 5.74) is 2.97. The molecule has 0 bridgehead atoms. The van der Waals surface area contributed by atoms with E-state index in [0.29, 0.717) is 23.3 Å². The van der Waals surface area contributed by atoms with Crippen molar-refractivity contribution in [2.45, 2.75) is 40.5 Å². The molecule has 0 saturated carbocycles. The molecule has 0 fully saturated rings. The number of ether oxygens (including phenoxy) is 1. The van der Waals surface area contributed by atoms with E-state index in [-0.39, 0.29) is 46.0 Å². The number of benzene rings is 2. The van der Waals surface area contributed by atoms with E-state index in [2.05, 4.69) is 0 Å². The largest absolute Gasteiger partial charge is 0.507 e. The summed E-state index contributed by atoms with van der Waals surface area (Å²) in [6.45, 7) is 7.75. The molecule has 2 heterocycles. The second-order valence-electron chi connectivity index (χ2n) is 8.77. The monoisotopic (exact) mass is 460 g/mol. The first-order valence-corrected chi connectivity index (χ1v) is 11.1. The average Bonchev–Trinajstić information content (AvgIpc) is 3.22. The zero-order valence-electron chi connectivity index (χ0n) is 20.0. The summed E-state index contributed by atoms with van der Waals surface area (Å²) in [6, 6.07) is 9.21. The standard InChI is InChI=1S/C28H28O6/c1-15(2)10-12-18-23(29)19(13-11-16(3)4)26-22(24(18)30)25(31)28(32-5)27(34-26)21-14-17-8-6-7-9-20(17)33-21/h6-11,14,29-30H,12-13H2,1-5H3. The van der Waals surface area contributed by atoms with Gasteiger partial charge in [0, 0.05) is 16.5 Å². The normalized spacial score (nSPS) is 11.1. The van der Waals surface area contributed by atoms with E-state index in [1.54, 1.807) is 6.07 Å². The first-order valence-electron chi connectivity index (χ1n) is 11.1. The van der Waals surface area contributed by atoms with E-state index < -0.39 is 5.43 Å². The lowest BCUT2D eigenvalue weighted by atomic mass is 9.96. The van der Waals surface area contributed by atoms with Gasteiger partial charge in [0.05, 0.1) is 7.11 Å². The SMILES string of the molecule is COc1c(-c2cc3ccccc3o2)oc2c(CC=C(C)C)c(O)c(CC=C(C)C)c(O)c2c1=O. The zero-order valence-corrected chi connectivity index (χ0v) is 20.0. The summed E-state index contributed by atoms with van der Waals surface area (Å²) in [5.74, 6) is -0.0600. The van der Waals surface area contributed by atoms with Gasteiger partial charge in [0.2, 0.25) is 16.9 Å². The number of para-hydroxylation sites is 1. The number of hydrogen-bond acceptors (Lipinski definition) is 6. The van der Waals surface area contributed by atoms with Crippen molar-refractivity contribution in [3.05, 3.63) is 75.0 Å². The lowest BCUT2D eigenvalue weighted by molar-refractivity contribution is 0.392. The van der Waals surface area contributed by atoms with Crippen molar-refractivity contribution in [2.24, 2.45) is 0 Å². The van der Waals surface area contributed by atoms with Gasteiger partial charge in [-0.2, -0.15) is 0 Å². The third-order valence-corrected chi connectivity index (χ3v) is 5.72. The maximum atomic E-state index is 13.6. The van der Waals surface area contributed by atoms with E-state index in [1.165, 1.54) is 7.11 Å². The predicted octanol–water partition coefficient (Wildman–Crippen LogP) is 6.64. The first-order chi connectivity index (χ1) is 16.2. The molecule has 0 aliphatic rings. The Morgan fingerprint density at radius 2 is 1.59 bits per heavy atom. The van der Waals surface area contributed by atoms with Crippen LogP contribution in [0.1, 0.15) is 38.8 Å². The molecule has 0 aliphatic carbocycles. The highest BCUT2D eigenvalue weighted by Crippen LogP contribution is 2.43. The first kappa shape index (κ1) is 23.2. The summed E-state index contributed by atoms with van der Waals surface area (Å²) in [5, 5.41) is 23.0. The van der Waals surface area contributed by atoms with E-state index in [0.717, 1.165) is 16.5 Å². The molecule has 4 rings (SSSR count). The van der Waals surface area contributed by atoms with Crippen LogP contribution in [0.3, 0.4) is 0 Å². The van der Waals surface area contributed by atoms with Crippen LogP contribution in [0.25, 0.3) is 33.5 Å². The van der Waals surface area contributed by atoms with Crippen molar-refractivity contribution in [1.29, 1.82) is 0 Å². The van der Waals surface area contributed by atoms with Crippen molar-refractivity contribution in [3.8, 4) is 28.8 Å². The highest BCUT2D eigenvalue weighted by atomic mass is 16.5. The number of phenolic OH excluding ortho intramolecular Hbond substituents is 2. The summed E-state index contributed by atoms with van der Waals surface area (Å²) in [4.78, 5) is 13.6. The molecule has 34 heavy (non-hydrogen) atoms. The van der Waals surface area contributed by atoms with Crippen LogP contribution in [0.5, 0.6) is 17.2 Å². The molecule has 0 unspecified atom stereocenters. The Labute approximate surface area is 197 Å². The molecule has 0 radical (unpaired) electrons. The lowest BCUT2D eigenvalue weighted by Crippen LogP contribution is -2.10. The van der Waals surface area contributed by atoms with Crippen LogP contribution < -0.4 is 10.2 Å². The van der Waals surface area contributed by atoms with E-state index in [9.17, 15) is 15.0 Å². The lowest BCUT2D eigenvalue weighted by Gasteiger charge is -2.16. The fourth-order valence-electron chi connectivity index (χ4n) is 3.94. The molecule has 0 atom stereocenters. The molecule has 2 aromatic heterocycles. The molecule has 0 saturated heterocycles. The van der Waals surface area contributed by atoms with Crippen LogP contribution in [0.15, 0.2) is 67.3 Å². The number of aromatic hydroxyl groups is 2. The van der Waals surface area contributed by atoms with Crippen molar-refractivity contribution in [3.63, 3.8) is 0 Å². The van der Waals surface area contributed by atoms with Crippen LogP contribution in [0, 0.1) is 0 Å². The summed E-state index contributed by atoms with van der Waals surface area (Å²) < 4.78 is 17.6. The third kappa shape index (κ3) is 4.07. The van der Waals surface area contributed by atoms with Gasteiger partial charge in [-0.25, -0.2) is 0 Å². The molecule has 176 valence electrons. The van der Waals surface area contributed by atoms with Crippen molar-refractivity contribution in [1.82, 2.24) is 0 Å². The summed E-state index contributed by atoms with van der Waals surface area (Å²) >= 11 is 0. The van der Waals surface area contributed by atoms with Crippen molar-refractivity contribution >= 4 is 21.9 Å². The highest BCUT2D eigenvalue weighted by molar-refractivity contribution is 5.93. The zero-order chi connectivity index (χ0) is 24.6. The average molecular weight is 461 g/mol. The highest BCUT2D eigenvalue weighted by Gasteiger charge is 2.27. The van der Waals surface area contributed by atoms with Crippen LogP contribution >= 0.6 is 0 Å². The number of fused-ring (bicyclic) bond motifs is 2. The number of allylic oxidation sites excluding steroid dienone is 4. The molecule has 6 nitrogen and oxygen atoms in total. The molecule has 2 N–H and O–H groups in total. The van der Waals surface area contributed by atoms with E-state index in [4.69, 9.17) is 13.6 Å². The summed E-state index contributed by atoms with van der Waals surface area (Å²) in [6.07, 6.45) is 4.40. The van der Waals surface area contributed by atoms with Crippen LogP contribution in [-0.4, -0.2) is 17.3 Å². The van der Waals surface area contributed by atoms with Crippen molar-refractivity contribution < 1.29 is 23.8 Å². The minimum atomic E-state index is -0.534. The second-order valence-corrected chi connectivity index (χ2v) is 8.77. The second kappa shape index (κ2) is 9.14. The maximum absolute atomic E-state index is 13.6. The maximum Gasteiger partial charge on any atom is 0.239 e. The molecule has 0 aliphatic heterocycles. The number of phenols is 2. The topological polar surface area (TPSA) is 93.0 Å². The predicted molar refractivity (Wildman–Crippen MR) is 134 cm³/mol. The Hall–Kier alpha value is -3.93. The molecular formula is C28H28O6. The minimum Gasteiger partial charge on any atom is -0.507 e. The minimum absolute atomic E-state index is 0.0242. The Balaban J connectivity index is 2.10. The van der Waals surface area contributed by atoms with Gasteiger partial charge >= 0.3 is 0 Å². The molecule has 4 aromatic rings. The smallest absolute Gasteiger partial charge is 0.239 e. The molecule has 0 spiro atoms. The van der Waals surface area contributed by atoms with Crippen LogP contribution in [0.2, 0.25) is 0 Å². The van der Waals surface area contributed by atoms with Gasteiger partial charge in [-0.3, -0.25) is 4.79 Å². The van der Waals surface area contributed by atoms with Gasteiger partial charge in [-0.1, -0.05) is 41.5 Å². The Bertz CT molecular complexity index is 1470. The van der Waals surface area contributed by atoms with E-state index >= 15 is 0 Å². The number of methoxy groups -OCH3 is 1. The molecule has 2 aromatic carbocycles. The number of furan rings is 1. The van der Waals surface area contributed by atoms with Gasteiger partial charge in [-0.05, 0) is 52.7 Å². The van der Waals surface area contributed by atoms with Crippen LogP contribution in [-0.2, 0) is 12.8 Å². The fraction of sp³-hybridized carbons (Fsp3) is 0.250. The molecule has 0 amide bonds. The third-order valence-electron chi connectivity index (χ3n) is 5.72. The Morgan fingerprint density at radius 1 is 0.941 bits per heavy atom. The number of hydrogen-bond donors (Lipinski definition) is 2. The van der Waals surface area contributed by atoms with Gasteiger partial charge in [0.15, 0.2) is 5.76 Å². The van der Waals surface area contributed by atoms with Crippen molar-refractivity contribution in [2.75, 3.05) is 7.11 Å². The molecular weight excluding hydrogens is 432 g/mol. The number of rotatable bonds is 6. The van der Waals surface area contributed by atoms with Crippen LogP contribution in [0.4, 0.5) is 0 Å².